The van der Waals surface area contributed by atoms with E-state index in [4.69, 9.17) is 9.63 Å². The lowest BCUT2D eigenvalue weighted by molar-refractivity contribution is 0.0696. The molecule has 7 heteroatoms. The normalized spacial score (nSPS) is 10.2. The minimum atomic E-state index is -1.02. The summed E-state index contributed by atoms with van der Waals surface area (Å²) in [5.41, 5.74) is 0.692. The minimum Gasteiger partial charge on any atom is -0.478 e. The first kappa shape index (κ1) is 12.7. The summed E-state index contributed by atoms with van der Waals surface area (Å²) in [5, 5.41) is 12.3. The van der Waals surface area contributed by atoms with Gasteiger partial charge in [-0.25, -0.2) is 4.79 Å². The first-order valence-electron chi connectivity index (χ1n) is 5.41. The Morgan fingerprint density at radius 2 is 1.89 bits per heavy atom. The number of carboxylic acid groups (broad SMARTS) is 1. The molecule has 0 atom stereocenters. The van der Waals surface area contributed by atoms with Gasteiger partial charge in [0, 0.05) is 19.7 Å². The molecule has 1 N–H and O–H groups in total. The quantitative estimate of drug-likeness (QED) is 0.895. The summed E-state index contributed by atoms with van der Waals surface area (Å²) >= 11 is 0. The summed E-state index contributed by atoms with van der Waals surface area (Å²) in [6.07, 6.45) is 0. The van der Waals surface area contributed by atoms with Crippen molar-refractivity contribution in [3.8, 4) is 0 Å². The molecular weight excluding hydrogens is 250 g/mol. The van der Waals surface area contributed by atoms with Crippen LogP contribution in [-0.4, -0.2) is 34.2 Å². The van der Waals surface area contributed by atoms with Gasteiger partial charge in [0.05, 0.1) is 5.56 Å². The second kappa shape index (κ2) is 4.89. The Kier molecular flexibility index (Phi) is 3.28. The van der Waals surface area contributed by atoms with Crippen LogP contribution in [0.1, 0.15) is 26.9 Å². The van der Waals surface area contributed by atoms with Gasteiger partial charge in [-0.3, -0.25) is 4.79 Å². The number of hydrogen-bond donors (Lipinski definition) is 1. The van der Waals surface area contributed by atoms with Crippen molar-refractivity contribution < 1.29 is 19.2 Å². The predicted molar refractivity (Wildman–Crippen MR) is 65.2 cm³/mol. The van der Waals surface area contributed by atoms with Crippen molar-refractivity contribution in [2.45, 2.75) is 6.92 Å². The molecule has 0 saturated carbocycles. The third kappa shape index (κ3) is 2.59. The number of anilines is 1. The molecule has 0 spiro atoms. The van der Waals surface area contributed by atoms with Crippen LogP contribution in [0, 0.1) is 6.92 Å². The molecule has 2 aromatic rings. The molecule has 0 fully saturated rings. The number of hydrogen-bond acceptors (Lipinski definition) is 5. The summed E-state index contributed by atoms with van der Waals surface area (Å²) in [6, 6.07) is 5.91. The van der Waals surface area contributed by atoms with Crippen LogP contribution in [-0.2, 0) is 0 Å². The van der Waals surface area contributed by atoms with Gasteiger partial charge < -0.3 is 14.5 Å². The average molecular weight is 261 g/mol. The number of nitrogens with zero attached hydrogens (tertiary/aromatic N) is 3. The number of carbonyl (C=O) groups excluding carboxylic acids is 1. The number of aromatic nitrogens is 2. The van der Waals surface area contributed by atoms with Crippen molar-refractivity contribution in [3.05, 3.63) is 41.5 Å². The molecule has 1 amide bonds. The zero-order valence-corrected chi connectivity index (χ0v) is 10.3. The molecule has 98 valence electrons. The van der Waals surface area contributed by atoms with E-state index in [0.717, 1.165) is 0 Å². The Labute approximate surface area is 108 Å². The lowest BCUT2D eigenvalue weighted by Gasteiger charge is -2.15. The van der Waals surface area contributed by atoms with Crippen molar-refractivity contribution in [3.63, 3.8) is 0 Å². The van der Waals surface area contributed by atoms with E-state index in [2.05, 4.69) is 10.1 Å². The number of rotatable bonds is 3. The van der Waals surface area contributed by atoms with Crippen molar-refractivity contribution in [1.82, 2.24) is 10.1 Å². The fourth-order valence-corrected chi connectivity index (χ4v) is 1.48. The first-order chi connectivity index (χ1) is 8.99. The van der Waals surface area contributed by atoms with Crippen LogP contribution < -0.4 is 4.90 Å². The number of amides is 1. The second-order valence-corrected chi connectivity index (χ2v) is 3.85. The highest BCUT2D eigenvalue weighted by Gasteiger charge is 2.19. The molecule has 0 bridgehead atoms. The molecule has 0 aliphatic rings. The van der Waals surface area contributed by atoms with Gasteiger partial charge in [-0.05, 0) is 24.3 Å². The van der Waals surface area contributed by atoms with Gasteiger partial charge in [0.2, 0.25) is 5.89 Å². The van der Waals surface area contributed by atoms with E-state index in [1.54, 1.807) is 14.0 Å². The van der Waals surface area contributed by atoms with Crippen LogP contribution in [0.15, 0.2) is 28.8 Å². The number of carbonyl (C=O) groups is 2. The van der Waals surface area contributed by atoms with E-state index < -0.39 is 11.9 Å². The molecule has 0 aliphatic carbocycles. The molecule has 1 heterocycles. The van der Waals surface area contributed by atoms with E-state index in [0.29, 0.717) is 11.6 Å². The van der Waals surface area contributed by atoms with E-state index in [-0.39, 0.29) is 11.4 Å². The highest BCUT2D eigenvalue weighted by Crippen LogP contribution is 2.15. The zero-order valence-electron chi connectivity index (χ0n) is 10.3. The van der Waals surface area contributed by atoms with E-state index in [1.807, 2.05) is 0 Å². The van der Waals surface area contributed by atoms with Gasteiger partial charge in [0.1, 0.15) is 0 Å². The Morgan fingerprint density at radius 3 is 2.37 bits per heavy atom. The maximum atomic E-state index is 12.0. The SMILES string of the molecule is Cc1nc(C(=O)N(C)c2ccc(C(=O)O)cc2)no1. The topological polar surface area (TPSA) is 96.5 Å². The minimum absolute atomic E-state index is 0.0395. The van der Waals surface area contributed by atoms with Crippen molar-refractivity contribution >= 4 is 17.6 Å². The second-order valence-electron chi connectivity index (χ2n) is 3.85. The van der Waals surface area contributed by atoms with Gasteiger partial charge >= 0.3 is 5.97 Å². The lowest BCUT2D eigenvalue weighted by Crippen LogP contribution is -2.27. The van der Waals surface area contributed by atoms with Crippen molar-refractivity contribution in [1.29, 1.82) is 0 Å². The molecule has 0 saturated heterocycles. The molecule has 7 nitrogen and oxygen atoms in total. The van der Waals surface area contributed by atoms with Gasteiger partial charge in [0.15, 0.2) is 0 Å². The van der Waals surface area contributed by atoms with Crippen LogP contribution >= 0.6 is 0 Å². The maximum Gasteiger partial charge on any atom is 0.335 e. The van der Waals surface area contributed by atoms with E-state index >= 15 is 0 Å². The number of aryl methyl sites for hydroxylation is 1. The van der Waals surface area contributed by atoms with Crippen LogP contribution in [0.5, 0.6) is 0 Å². The predicted octanol–water partition coefficient (Wildman–Crippen LogP) is 1.35. The van der Waals surface area contributed by atoms with Crippen LogP contribution in [0.25, 0.3) is 0 Å². The molecule has 1 aromatic heterocycles. The zero-order chi connectivity index (χ0) is 14.0. The fraction of sp³-hybridized carbons (Fsp3) is 0.167. The number of benzene rings is 1. The van der Waals surface area contributed by atoms with Crippen LogP contribution in [0.2, 0.25) is 0 Å². The Morgan fingerprint density at radius 1 is 1.26 bits per heavy atom. The molecular formula is C12H11N3O4. The molecule has 0 unspecified atom stereocenters. The number of carboxylic acids is 1. The first-order valence-corrected chi connectivity index (χ1v) is 5.41. The van der Waals surface area contributed by atoms with E-state index in [9.17, 15) is 9.59 Å². The van der Waals surface area contributed by atoms with Crippen LogP contribution in [0.3, 0.4) is 0 Å². The molecule has 0 radical (unpaired) electrons. The Balaban J connectivity index is 2.21. The Hall–Kier alpha value is -2.70. The smallest absolute Gasteiger partial charge is 0.335 e. The maximum absolute atomic E-state index is 12.0. The van der Waals surface area contributed by atoms with Crippen molar-refractivity contribution in [2.24, 2.45) is 0 Å². The van der Waals surface area contributed by atoms with Gasteiger partial charge in [0.25, 0.3) is 11.7 Å². The van der Waals surface area contributed by atoms with Gasteiger partial charge in [-0.1, -0.05) is 5.16 Å². The third-order valence-corrected chi connectivity index (χ3v) is 2.53. The summed E-state index contributed by atoms with van der Waals surface area (Å²) in [6.45, 7) is 1.59. The van der Waals surface area contributed by atoms with Crippen molar-refractivity contribution in [2.75, 3.05) is 11.9 Å². The highest BCUT2D eigenvalue weighted by atomic mass is 16.5. The van der Waals surface area contributed by atoms with E-state index in [1.165, 1.54) is 29.2 Å². The monoisotopic (exact) mass is 261 g/mol. The third-order valence-electron chi connectivity index (χ3n) is 2.53. The number of aromatic carboxylic acids is 1. The summed E-state index contributed by atoms with van der Waals surface area (Å²) in [4.78, 5) is 27.9. The fourth-order valence-electron chi connectivity index (χ4n) is 1.48. The molecule has 19 heavy (non-hydrogen) atoms. The average Bonchev–Trinajstić information content (AvgIpc) is 2.84. The van der Waals surface area contributed by atoms with Gasteiger partial charge in [-0.2, -0.15) is 4.98 Å². The van der Waals surface area contributed by atoms with Crippen LogP contribution in [0.4, 0.5) is 5.69 Å². The summed E-state index contributed by atoms with van der Waals surface area (Å²) < 4.78 is 4.74. The van der Waals surface area contributed by atoms with Gasteiger partial charge in [-0.15, -0.1) is 0 Å². The Bertz CT molecular complexity index is 618. The molecule has 0 aliphatic heterocycles. The highest BCUT2D eigenvalue weighted by molar-refractivity contribution is 6.03. The largest absolute Gasteiger partial charge is 0.478 e. The molecule has 1 aromatic carbocycles. The summed E-state index contributed by atoms with van der Waals surface area (Å²) in [7, 11) is 1.55. The lowest BCUT2D eigenvalue weighted by atomic mass is 10.2. The molecule has 2 rings (SSSR count). The summed E-state index contributed by atoms with van der Waals surface area (Å²) in [5.74, 6) is -1.19. The standard InChI is InChI=1S/C12H11N3O4/c1-7-13-10(14-19-7)11(16)15(2)9-5-3-8(4-6-9)12(17)18/h3-6H,1-2H3,(H,17,18).